The molecule has 0 fully saturated rings. The van der Waals surface area contributed by atoms with E-state index in [1.165, 1.54) is 6.42 Å². The minimum Gasteiger partial charge on any atom is -0.382 e. The van der Waals surface area contributed by atoms with E-state index in [1.54, 1.807) is 7.11 Å². The molecule has 0 aliphatic heterocycles. The average molecular weight is 201 g/mol. The number of hydrogen-bond donors (Lipinski definition) is 1. The van der Waals surface area contributed by atoms with Gasteiger partial charge in [0.05, 0.1) is 13.2 Å². The predicted octanol–water partition coefficient (Wildman–Crippen LogP) is 1.60. The fourth-order valence-corrected chi connectivity index (χ4v) is 1.00. The number of rotatable bonds is 10. The molecule has 0 aliphatic carbocycles. The van der Waals surface area contributed by atoms with Gasteiger partial charge in [0.2, 0.25) is 0 Å². The van der Waals surface area contributed by atoms with Crippen molar-refractivity contribution < 1.29 is 9.47 Å². The van der Waals surface area contributed by atoms with Crippen molar-refractivity contribution >= 4 is 0 Å². The second-order valence-electron chi connectivity index (χ2n) is 3.09. The van der Waals surface area contributed by atoms with Crippen molar-refractivity contribution in [1.82, 2.24) is 5.32 Å². The first-order chi connectivity index (χ1) is 6.91. The number of hydrogen-bond acceptors (Lipinski definition) is 3. The SMILES string of the molecule is C/C=C/CNCCCCOCCOC. The van der Waals surface area contributed by atoms with E-state index in [9.17, 15) is 0 Å². The van der Waals surface area contributed by atoms with Gasteiger partial charge in [-0.3, -0.25) is 0 Å². The molecule has 0 saturated carbocycles. The maximum Gasteiger partial charge on any atom is 0.0700 e. The lowest BCUT2D eigenvalue weighted by molar-refractivity contribution is 0.0688. The van der Waals surface area contributed by atoms with Gasteiger partial charge < -0.3 is 14.8 Å². The van der Waals surface area contributed by atoms with Crippen LogP contribution >= 0.6 is 0 Å². The topological polar surface area (TPSA) is 30.5 Å². The highest BCUT2D eigenvalue weighted by Crippen LogP contribution is 1.88. The number of methoxy groups -OCH3 is 1. The zero-order valence-corrected chi connectivity index (χ0v) is 9.42. The second-order valence-corrected chi connectivity index (χ2v) is 3.09. The van der Waals surface area contributed by atoms with Crippen molar-refractivity contribution in [3.8, 4) is 0 Å². The minimum atomic E-state index is 0.694. The van der Waals surface area contributed by atoms with Crippen LogP contribution in [0.4, 0.5) is 0 Å². The van der Waals surface area contributed by atoms with Gasteiger partial charge in [0, 0.05) is 20.3 Å². The molecule has 0 aromatic heterocycles. The lowest BCUT2D eigenvalue weighted by Gasteiger charge is -2.03. The molecule has 0 amide bonds. The summed E-state index contributed by atoms with van der Waals surface area (Å²) in [5, 5.41) is 3.32. The van der Waals surface area contributed by atoms with Crippen LogP contribution in [0.5, 0.6) is 0 Å². The van der Waals surface area contributed by atoms with Gasteiger partial charge in [0.1, 0.15) is 0 Å². The van der Waals surface area contributed by atoms with Gasteiger partial charge in [-0.25, -0.2) is 0 Å². The lowest BCUT2D eigenvalue weighted by Crippen LogP contribution is -2.15. The molecule has 0 rings (SSSR count). The summed E-state index contributed by atoms with van der Waals surface area (Å²) >= 11 is 0. The molecule has 0 aromatic rings. The Morgan fingerprint density at radius 2 is 2.00 bits per heavy atom. The summed E-state index contributed by atoms with van der Waals surface area (Å²) in [6, 6.07) is 0. The summed E-state index contributed by atoms with van der Waals surface area (Å²) in [6.07, 6.45) is 6.47. The van der Waals surface area contributed by atoms with Crippen LogP contribution in [0.2, 0.25) is 0 Å². The minimum absolute atomic E-state index is 0.694. The van der Waals surface area contributed by atoms with Gasteiger partial charge in [-0.2, -0.15) is 0 Å². The van der Waals surface area contributed by atoms with E-state index < -0.39 is 0 Å². The maximum absolute atomic E-state index is 5.33. The van der Waals surface area contributed by atoms with E-state index in [0.717, 1.165) is 26.1 Å². The van der Waals surface area contributed by atoms with E-state index in [2.05, 4.69) is 17.5 Å². The third-order valence-electron chi connectivity index (χ3n) is 1.82. The second kappa shape index (κ2) is 12.6. The molecule has 0 aliphatic rings. The molecule has 0 atom stereocenters. The van der Waals surface area contributed by atoms with Crippen LogP contribution in [0.1, 0.15) is 19.8 Å². The quantitative estimate of drug-likeness (QED) is 0.430. The first kappa shape index (κ1) is 13.6. The van der Waals surface area contributed by atoms with E-state index in [4.69, 9.17) is 9.47 Å². The Bertz CT molecular complexity index is 126. The molecule has 14 heavy (non-hydrogen) atoms. The Hall–Kier alpha value is -0.380. The van der Waals surface area contributed by atoms with E-state index >= 15 is 0 Å². The Balaban J connectivity index is 2.85. The van der Waals surface area contributed by atoms with Crippen molar-refractivity contribution in [3.05, 3.63) is 12.2 Å². The summed E-state index contributed by atoms with van der Waals surface area (Å²) in [4.78, 5) is 0. The Labute approximate surface area is 87.5 Å². The van der Waals surface area contributed by atoms with Crippen molar-refractivity contribution in [1.29, 1.82) is 0 Å². The molecule has 0 spiro atoms. The Morgan fingerprint density at radius 1 is 1.14 bits per heavy atom. The zero-order chi connectivity index (χ0) is 10.5. The maximum atomic E-state index is 5.33. The van der Waals surface area contributed by atoms with Crippen LogP contribution in [-0.4, -0.2) is 40.0 Å². The summed E-state index contributed by atoms with van der Waals surface area (Å²) in [7, 11) is 1.69. The fourth-order valence-electron chi connectivity index (χ4n) is 1.00. The predicted molar refractivity (Wildman–Crippen MR) is 59.6 cm³/mol. The third-order valence-corrected chi connectivity index (χ3v) is 1.82. The normalized spacial score (nSPS) is 11.3. The van der Waals surface area contributed by atoms with Crippen molar-refractivity contribution in [2.24, 2.45) is 0 Å². The standard InChI is InChI=1S/C11H23NO2/c1-3-4-7-12-8-5-6-9-14-11-10-13-2/h3-4,12H,5-11H2,1-2H3/b4-3+. The smallest absolute Gasteiger partial charge is 0.0700 e. The molecular formula is C11H23NO2. The van der Waals surface area contributed by atoms with E-state index in [1.807, 2.05) is 6.92 Å². The highest BCUT2D eigenvalue weighted by Gasteiger charge is 1.89. The van der Waals surface area contributed by atoms with Crippen molar-refractivity contribution in [3.63, 3.8) is 0 Å². The van der Waals surface area contributed by atoms with Gasteiger partial charge >= 0.3 is 0 Å². The molecule has 0 unspecified atom stereocenters. The van der Waals surface area contributed by atoms with Crippen molar-refractivity contribution in [2.75, 3.05) is 40.0 Å². The average Bonchev–Trinajstić information content (AvgIpc) is 2.21. The first-order valence-corrected chi connectivity index (χ1v) is 5.30. The summed E-state index contributed by atoms with van der Waals surface area (Å²) < 4.78 is 10.2. The first-order valence-electron chi connectivity index (χ1n) is 5.30. The highest BCUT2D eigenvalue weighted by atomic mass is 16.5. The Morgan fingerprint density at radius 3 is 2.71 bits per heavy atom. The van der Waals surface area contributed by atoms with Gasteiger partial charge in [-0.1, -0.05) is 12.2 Å². The molecule has 0 bridgehead atoms. The largest absolute Gasteiger partial charge is 0.382 e. The van der Waals surface area contributed by atoms with Gasteiger partial charge in [0.15, 0.2) is 0 Å². The molecule has 3 heteroatoms. The van der Waals surface area contributed by atoms with Crippen LogP contribution in [-0.2, 0) is 9.47 Å². The molecule has 84 valence electrons. The fraction of sp³-hybridized carbons (Fsp3) is 0.818. The number of allylic oxidation sites excluding steroid dienone is 1. The molecule has 0 saturated heterocycles. The monoisotopic (exact) mass is 201 g/mol. The van der Waals surface area contributed by atoms with Gasteiger partial charge in [0.25, 0.3) is 0 Å². The summed E-state index contributed by atoms with van der Waals surface area (Å²) in [6.45, 7) is 6.32. The van der Waals surface area contributed by atoms with Gasteiger partial charge in [-0.05, 0) is 26.3 Å². The van der Waals surface area contributed by atoms with Crippen molar-refractivity contribution in [2.45, 2.75) is 19.8 Å². The van der Waals surface area contributed by atoms with Crippen LogP contribution in [0, 0.1) is 0 Å². The number of ether oxygens (including phenoxy) is 2. The molecule has 0 aromatic carbocycles. The summed E-state index contributed by atoms with van der Waals surface area (Å²) in [5.41, 5.74) is 0. The summed E-state index contributed by atoms with van der Waals surface area (Å²) in [5.74, 6) is 0. The van der Waals surface area contributed by atoms with Crippen LogP contribution < -0.4 is 5.32 Å². The molecule has 3 nitrogen and oxygen atoms in total. The number of unbranched alkanes of at least 4 members (excludes halogenated alkanes) is 1. The van der Waals surface area contributed by atoms with Crippen LogP contribution in [0.15, 0.2) is 12.2 Å². The molecular weight excluding hydrogens is 178 g/mol. The molecule has 0 radical (unpaired) electrons. The Kier molecular flexibility index (Phi) is 12.3. The van der Waals surface area contributed by atoms with Gasteiger partial charge in [-0.15, -0.1) is 0 Å². The van der Waals surface area contributed by atoms with Crippen LogP contribution in [0.3, 0.4) is 0 Å². The third kappa shape index (κ3) is 11.6. The lowest BCUT2D eigenvalue weighted by atomic mass is 10.3. The zero-order valence-electron chi connectivity index (χ0n) is 9.42. The van der Waals surface area contributed by atoms with E-state index in [-0.39, 0.29) is 0 Å². The molecule has 1 N–H and O–H groups in total. The van der Waals surface area contributed by atoms with Crippen LogP contribution in [0.25, 0.3) is 0 Å². The number of nitrogens with one attached hydrogen (secondary N) is 1. The van der Waals surface area contributed by atoms with E-state index in [0.29, 0.717) is 13.2 Å². The molecule has 0 heterocycles. The highest BCUT2D eigenvalue weighted by molar-refractivity contribution is 4.78.